The summed E-state index contributed by atoms with van der Waals surface area (Å²) in [6.07, 6.45) is 11.0. The molecule has 22 heavy (non-hydrogen) atoms. The lowest BCUT2D eigenvalue weighted by Gasteiger charge is -2.31. The lowest BCUT2D eigenvalue weighted by atomic mass is 9.92. The quantitative estimate of drug-likeness (QED) is 0.803. The molecule has 2 saturated heterocycles. The summed E-state index contributed by atoms with van der Waals surface area (Å²) < 4.78 is 0. The van der Waals surface area contributed by atoms with E-state index < -0.39 is 0 Å². The first-order valence-corrected chi connectivity index (χ1v) is 10.0. The smallest absolute Gasteiger partial charge is 0.208 e. The van der Waals surface area contributed by atoms with E-state index in [4.69, 9.17) is 0 Å². The molecule has 1 aromatic heterocycles. The second kappa shape index (κ2) is 6.83. The van der Waals surface area contributed by atoms with Crippen LogP contribution < -0.4 is 4.90 Å². The molecule has 4 rings (SSSR count). The van der Waals surface area contributed by atoms with Crippen LogP contribution in [-0.4, -0.2) is 47.8 Å². The van der Waals surface area contributed by atoms with Gasteiger partial charge in [0.1, 0.15) is 5.01 Å². The number of anilines is 1. The minimum absolute atomic E-state index is 0.745. The molecule has 0 radical (unpaired) electrons. The van der Waals surface area contributed by atoms with Gasteiger partial charge in [-0.2, -0.15) is 0 Å². The molecule has 1 aliphatic carbocycles. The maximum absolute atomic E-state index is 4.43. The zero-order valence-corrected chi connectivity index (χ0v) is 14.4. The van der Waals surface area contributed by atoms with Gasteiger partial charge < -0.3 is 9.80 Å². The van der Waals surface area contributed by atoms with Crippen molar-refractivity contribution >= 4 is 16.5 Å². The summed E-state index contributed by atoms with van der Waals surface area (Å²) in [4.78, 5) is 5.12. The molecule has 0 atom stereocenters. The van der Waals surface area contributed by atoms with E-state index in [-0.39, 0.29) is 0 Å². The van der Waals surface area contributed by atoms with Gasteiger partial charge in [0.05, 0.1) is 0 Å². The standard InChI is InChI=1S/C17H28N4S/c1-2-10-20(9-1)11-3-4-14-7-12-21(13-8-14)17-19-18-16(22-17)15-5-6-15/h14-15H,1-13H2. The maximum Gasteiger partial charge on any atom is 0.208 e. The van der Waals surface area contributed by atoms with Crippen molar-refractivity contribution in [3.05, 3.63) is 5.01 Å². The second-order valence-corrected chi connectivity index (χ2v) is 8.31. The first-order chi connectivity index (χ1) is 10.9. The third-order valence-electron chi connectivity index (χ3n) is 5.53. The van der Waals surface area contributed by atoms with Crippen LogP contribution in [0.15, 0.2) is 0 Å². The highest BCUT2D eigenvalue weighted by Crippen LogP contribution is 2.43. The molecule has 0 amide bonds. The summed E-state index contributed by atoms with van der Waals surface area (Å²) in [5, 5.41) is 11.3. The highest BCUT2D eigenvalue weighted by molar-refractivity contribution is 7.15. The van der Waals surface area contributed by atoms with Crippen molar-refractivity contribution in [2.24, 2.45) is 5.92 Å². The molecule has 5 heteroatoms. The van der Waals surface area contributed by atoms with Crippen LogP contribution in [-0.2, 0) is 0 Å². The van der Waals surface area contributed by atoms with Crippen LogP contribution in [0.1, 0.15) is 62.3 Å². The number of rotatable bonds is 6. The molecule has 2 aliphatic heterocycles. The summed E-state index contributed by atoms with van der Waals surface area (Å²) in [5.74, 6) is 1.68. The summed E-state index contributed by atoms with van der Waals surface area (Å²) in [6.45, 7) is 6.40. The van der Waals surface area contributed by atoms with Crippen molar-refractivity contribution in [3.63, 3.8) is 0 Å². The van der Waals surface area contributed by atoms with Crippen molar-refractivity contribution in [1.82, 2.24) is 15.1 Å². The van der Waals surface area contributed by atoms with Crippen LogP contribution in [0.25, 0.3) is 0 Å². The van der Waals surface area contributed by atoms with Crippen LogP contribution >= 0.6 is 11.3 Å². The van der Waals surface area contributed by atoms with Gasteiger partial charge in [-0.1, -0.05) is 11.3 Å². The summed E-state index contributed by atoms with van der Waals surface area (Å²) in [5.41, 5.74) is 0. The summed E-state index contributed by atoms with van der Waals surface area (Å²) in [7, 11) is 0. The predicted molar refractivity (Wildman–Crippen MR) is 91.7 cm³/mol. The molecule has 1 aromatic rings. The van der Waals surface area contributed by atoms with Gasteiger partial charge in [0, 0.05) is 19.0 Å². The van der Waals surface area contributed by atoms with Gasteiger partial charge in [0.15, 0.2) is 0 Å². The van der Waals surface area contributed by atoms with Crippen molar-refractivity contribution in [2.75, 3.05) is 37.6 Å². The monoisotopic (exact) mass is 320 g/mol. The zero-order chi connectivity index (χ0) is 14.8. The number of hydrogen-bond acceptors (Lipinski definition) is 5. The Bertz CT molecular complexity index is 471. The van der Waals surface area contributed by atoms with Crippen LogP contribution in [0.5, 0.6) is 0 Å². The van der Waals surface area contributed by atoms with E-state index in [1.54, 1.807) is 0 Å². The number of hydrogen-bond donors (Lipinski definition) is 0. The fourth-order valence-corrected chi connectivity index (χ4v) is 4.94. The van der Waals surface area contributed by atoms with Crippen LogP contribution in [0.4, 0.5) is 5.13 Å². The first-order valence-electron chi connectivity index (χ1n) is 9.19. The third kappa shape index (κ3) is 3.62. The Hall–Kier alpha value is -0.680. The molecule has 3 heterocycles. The largest absolute Gasteiger partial charge is 0.347 e. The lowest BCUT2D eigenvalue weighted by Crippen LogP contribution is -2.33. The summed E-state index contributed by atoms with van der Waals surface area (Å²) >= 11 is 1.84. The lowest BCUT2D eigenvalue weighted by molar-refractivity contribution is 0.299. The Morgan fingerprint density at radius 1 is 0.955 bits per heavy atom. The van der Waals surface area contributed by atoms with Crippen LogP contribution in [0, 0.1) is 5.92 Å². The van der Waals surface area contributed by atoms with Gasteiger partial charge >= 0.3 is 0 Å². The fourth-order valence-electron chi connectivity index (χ4n) is 3.87. The van der Waals surface area contributed by atoms with Crippen molar-refractivity contribution in [2.45, 2.75) is 57.3 Å². The van der Waals surface area contributed by atoms with E-state index in [2.05, 4.69) is 20.0 Å². The molecule has 3 aliphatic rings. The van der Waals surface area contributed by atoms with E-state index in [1.807, 2.05) is 11.3 Å². The Kier molecular flexibility index (Phi) is 4.62. The first kappa shape index (κ1) is 14.9. The number of likely N-dealkylation sites (tertiary alicyclic amines) is 1. The Labute approximate surface area is 137 Å². The van der Waals surface area contributed by atoms with Gasteiger partial charge in [0.2, 0.25) is 5.13 Å². The highest BCUT2D eigenvalue weighted by Gasteiger charge is 2.29. The van der Waals surface area contributed by atoms with Gasteiger partial charge in [-0.3, -0.25) is 0 Å². The number of piperidine rings is 1. The van der Waals surface area contributed by atoms with E-state index in [1.165, 1.54) is 94.2 Å². The highest BCUT2D eigenvalue weighted by atomic mass is 32.1. The Balaban J connectivity index is 1.18. The minimum Gasteiger partial charge on any atom is -0.347 e. The molecule has 0 unspecified atom stereocenters. The van der Waals surface area contributed by atoms with Gasteiger partial charge in [-0.15, -0.1) is 10.2 Å². The van der Waals surface area contributed by atoms with E-state index in [0.29, 0.717) is 0 Å². The average molecular weight is 321 g/mol. The summed E-state index contributed by atoms with van der Waals surface area (Å²) in [6, 6.07) is 0. The molecular weight excluding hydrogens is 292 g/mol. The van der Waals surface area contributed by atoms with E-state index in [9.17, 15) is 0 Å². The average Bonchev–Trinajstić information content (AvgIpc) is 3.07. The predicted octanol–water partition coefficient (Wildman–Crippen LogP) is 3.51. The van der Waals surface area contributed by atoms with Crippen molar-refractivity contribution in [1.29, 1.82) is 0 Å². The van der Waals surface area contributed by atoms with Gasteiger partial charge in [-0.05, 0) is 76.9 Å². The fraction of sp³-hybridized carbons (Fsp3) is 0.882. The number of nitrogens with zero attached hydrogens (tertiary/aromatic N) is 4. The van der Waals surface area contributed by atoms with Crippen molar-refractivity contribution < 1.29 is 0 Å². The third-order valence-corrected chi connectivity index (χ3v) is 6.67. The molecule has 0 bridgehead atoms. The molecule has 1 saturated carbocycles. The van der Waals surface area contributed by atoms with Gasteiger partial charge in [-0.25, -0.2) is 0 Å². The Morgan fingerprint density at radius 2 is 1.73 bits per heavy atom. The second-order valence-electron chi connectivity index (χ2n) is 7.32. The SMILES string of the molecule is C1CCN(CCCC2CCN(c3nnc(C4CC4)s3)CC2)C1. The minimum atomic E-state index is 0.745. The van der Waals surface area contributed by atoms with Gasteiger partial charge in [0.25, 0.3) is 0 Å². The van der Waals surface area contributed by atoms with E-state index in [0.717, 1.165) is 11.8 Å². The molecule has 4 nitrogen and oxygen atoms in total. The Morgan fingerprint density at radius 3 is 2.45 bits per heavy atom. The number of aromatic nitrogens is 2. The molecule has 122 valence electrons. The normalized spacial score (nSPS) is 24.3. The van der Waals surface area contributed by atoms with Crippen molar-refractivity contribution in [3.8, 4) is 0 Å². The zero-order valence-electron chi connectivity index (χ0n) is 13.5. The van der Waals surface area contributed by atoms with Crippen LogP contribution in [0.2, 0.25) is 0 Å². The molecule has 0 spiro atoms. The van der Waals surface area contributed by atoms with Crippen LogP contribution in [0.3, 0.4) is 0 Å². The molecule has 0 aromatic carbocycles. The molecule has 0 N–H and O–H groups in total. The topological polar surface area (TPSA) is 32.3 Å². The molecule has 3 fully saturated rings. The van der Waals surface area contributed by atoms with E-state index >= 15 is 0 Å². The maximum atomic E-state index is 4.43. The molecular formula is C17H28N4S.